The van der Waals surface area contributed by atoms with Gasteiger partial charge in [-0.3, -0.25) is 14.5 Å². The summed E-state index contributed by atoms with van der Waals surface area (Å²) in [6.07, 6.45) is 1.50. The third-order valence-corrected chi connectivity index (χ3v) is 6.23. The molecule has 1 aromatic carbocycles. The van der Waals surface area contributed by atoms with Crippen LogP contribution in [0.3, 0.4) is 0 Å². The van der Waals surface area contributed by atoms with E-state index in [2.05, 4.69) is 9.97 Å². The average Bonchev–Trinajstić information content (AvgIpc) is 3.35. The minimum absolute atomic E-state index is 0.109. The van der Waals surface area contributed by atoms with Gasteiger partial charge in [0.05, 0.1) is 21.2 Å². The molecule has 3 heterocycles. The monoisotopic (exact) mass is 415 g/mol. The minimum Gasteiger partial charge on any atom is -0.503 e. The molecule has 1 N–H and O–H groups in total. The fraction of sp³-hybridized carbons (Fsp3) is 0.158. The van der Waals surface area contributed by atoms with Gasteiger partial charge in [0.15, 0.2) is 10.9 Å². The lowest BCUT2D eigenvalue weighted by Gasteiger charge is -2.24. The largest absolute Gasteiger partial charge is 0.503 e. The van der Waals surface area contributed by atoms with Gasteiger partial charge in [-0.2, -0.15) is 0 Å². The number of nitrogens with zero attached hydrogens (tertiary/aromatic N) is 3. The first-order chi connectivity index (χ1) is 13.4. The van der Waals surface area contributed by atoms with Gasteiger partial charge in [-0.05, 0) is 19.9 Å². The second-order valence-corrected chi connectivity index (χ2v) is 8.23. The van der Waals surface area contributed by atoms with E-state index in [0.717, 1.165) is 16.2 Å². The molecule has 0 saturated heterocycles. The van der Waals surface area contributed by atoms with Crippen LogP contribution in [-0.2, 0) is 4.79 Å². The summed E-state index contributed by atoms with van der Waals surface area (Å²) in [4.78, 5) is 36.0. The highest BCUT2D eigenvalue weighted by Crippen LogP contribution is 2.43. The van der Waals surface area contributed by atoms with Crippen molar-refractivity contribution in [1.29, 1.82) is 0 Å². The maximum absolute atomic E-state index is 14.7. The number of carbonyl (C=O) groups is 2. The van der Waals surface area contributed by atoms with Crippen molar-refractivity contribution in [2.24, 2.45) is 0 Å². The molecule has 1 aliphatic heterocycles. The number of hydrogen-bond donors (Lipinski definition) is 1. The lowest BCUT2D eigenvalue weighted by atomic mass is 9.95. The summed E-state index contributed by atoms with van der Waals surface area (Å²) in [5, 5.41) is 13.2. The normalized spacial score (nSPS) is 16.9. The van der Waals surface area contributed by atoms with Crippen molar-refractivity contribution in [3.8, 4) is 0 Å². The average molecular weight is 415 g/mol. The van der Waals surface area contributed by atoms with E-state index < -0.39 is 29.3 Å². The molecule has 1 aliphatic rings. The SMILES string of the molecule is Cc1nc(C)c(C(=O)C2=C(O)C(=O)N(c3nccs3)C2c2ccccc2F)s1. The number of anilines is 1. The Kier molecular flexibility index (Phi) is 4.56. The van der Waals surface area contributed by atoms with Gasteiger partial charge in [-0.1, -0.05) is 18.2 Å². The summed E-state index contributed by atoms with van der Waals surface area (Å²) in [7, 11) is 0. The fourth-order valence-corrected chi connectivity index (χ4v) is 4.77. The molecule has 3 aromatic rings. The number of aromatic nitrogens is 2. The van der Waals surface area contributed by atoms with E-state index in [1.165, 1.54) is 35.7 Å². The second kappa shape index (κ2) is 6.92. The zero-order chi connectivity index (χ0) is 20.0. The Morgan fingerprint density at radius 3 is 2.64 bits per heavy atom. The molecule has 1 unspecified atom stereocenters. The smallest absolute Gasteiger partial charge is 0.296 e. The molecule has 28 heavy (non-hydrogen) atoms. The minimum atomic E-state index is -1.12. The topological polar surface area (TPSA) is 83.4 Å². The first-order valence-electron chi connectivity index (χ1n) is 8.29. The summed E-state index contributed by atoms with van der Waals surface area (Å²) < 4.78 is 14.7. The quantitative estimate of drug-likeness (QED) is 0.648. The van der Waals surface area contributed by atoms with Gasteiger partial charge in [-0.25, -0.2) is 14.4 Å². The third-order valence-electron chi connectivity index (χ3n) is 4.39. The van der Waals surface area contributed by atoms with Crippen LogP contribution in [0.2, 0.25) is 0 Å². The molecule has 0 aliphatic carbocycles. The van der Waals surface area contributed by atoms with Gasteiger partial charge in [-0.15, -0.1) is 22.7 Å². The molecule has 142 valence electrons. The van der Waals surface area contributed by atoms with Crippen LogP contribution in [-0.4, -0.2) is 26.8 Å². The van der Waals surface area contributed by atoms with Crippen LogP contribution >= 0.6 is 22.7 Å². The highest BCUT2D eigenvalue weighted by Gasteiger charge is 2.47. The van der Waals surface area contributed by atoms with Crippen LogP contribution in [0.15, 0.2) is 47.2 Å². The van der Waals surface area contributed by atoms with Crippen LogP contribution in [0.1, 0.15) is 32.0 Å². The van der Waals surface area contributed by atoms with Gasteiger partial charge in [0.1, 0.15) is 11.9 Å². The second-order valence-electron chi connectivity index (χ2n) is 6.15. The Bertz CT molecular complexity index is 1120. The molecular formula is C19H14FN3O3S2. The van der Waals surface area contributed by atoms with Crippen LogP contribution in [0.4, 0.5) is 9.52 Å². The molecular weight excluding hydrogens is 401 g/mol. The number of Topliss-reactive ketones (excluding diaryl/α,β-unsaturated/α-hetero) is 1. The lowest BCUT2D eigenvalue weighted by Crippen LogP contribution is -2.31. The van der Waals surface area contributed by atoms with Crippen molar-refractivity contribution >= 4 is 39.5 Å². The third kappa shape index (κ3) is 2.83. The van der Waals surface area contributed by atoms with Crippen molar-refractivity contribution in [3.05, 3.63) is 74.1 Å². The Hall–Kier alpha value is -2.91. The molecule has 1 amide bonds. The number of amides is 1. The number of aryl methyl sites for hydroxylation is 2. The zero-order valence-electron chi connectivity index (χ0n) is 14.8. The molecule has 0 saturated carbocycles. The van der Waals surface area contributed by atoms with E-state index in [4.69, 9.17) is 0 Å². The first kappa shape index (κ1) is 18.5. The fourth-order valence-electron chi connectivity index (χ4n) is 3.22. The van der Waals surface area contributed by atoms with E-state index in [9.17, 15) is 19.1 Å². The highest BCUT2D eigenvalue weighted by molar-refractivity contribution is 7.14. The molecule has 0 spiro atoms. The maximum atomic E-state index is 14.7. The van der Waals surface area contributed by atoms with Crippen molar-refractivity contribution in [1.82, 2.24) is 9.97 Å². The molecule has 0 fully saturated rings. The summed E-state index contributed by atoms with van der Waals surface area (Å²) in [5.41, 5.74) is 0.439. The van der Waals surface area contributed by atoms with E-state index >= 15 is 0 Å². The molecule has 6 nitrogen and oxygen atoms in total. The number of carbonyl (C=O) groups excluding carboxylic acids is 2. The summed E-state index contributed by atoms with van der Waals surface area (Å²) in [6, 6.07) is 4.76. The van der Waals surface area contributed by atoms with E-state index in [1.54, 1.807) is 25.3 Å². The number of aliphatic hydroxyl groups is 1. The van der Waals surface area contributed by atoms with E-state index in [-0.39, 0.29) is 16.3 Å². The summed E-state index contributed by atoms with van der Waals surface area (Å²) in [5.74, 6) is -2.61. The zero-order valence-corrected chi connectivity index (χ0v) is 16.5. The van der Waals surface area contributed by atoms with Crippen LogP contribution < -0.4 is 4.90 Å². The molecule has 9 heteroatoms. The highest BCUT2D eigenvalue weighted by atomic mass is 32.1. The van der Waals surface area contributed by atoms with E-state index in [1.807, 2.05) is 0 Å². The van der Waals surface area contributed by atoms with Crippen molar-refractivity contribution in [2.45, 2.75) is 19.9 Å². The van der Waals surface area contributed by atoms with Crippen LogP contribution in [0, 0.1) is 19.7 Å². The van der Waals surface area contributed by atoms with Crippen molar-refractivity contribution in [3.63, 3.8) is 0 Å². The van der Waals surface area contributed by atoms with Crippen molar-refractivity contribution in [2.75, 3.05) is 4.90 Å². The maximum Gasteiger partial charge on any atom is 0.296 e. The number of rotatable bonds is 4. The Morgan fingerprint density at radius 1 is 1.29 bits per heavy atom. The van der Waals surface area contributed by atoms with Crippen LogP contribution in [0.5, 0.6) is 0 Å². The number of ketones is 1. The molecule has 2 aromatic heterocycles. The van der Waals surface area contributed by atoms with Gasteiger partial charge >= 0.3 is 0 Å². The van der Waals surface area contributed by atoms with E-state index in [0.29, 0.717) is 15.6 Å². The predicted molar refractivity (Wildman–Crippen MR) is 104 cm³/mol. The van der Waals surface area contributed by atoms with Gasteiger partial charge in [0.25, 0.3) is 5.91 Å². The standard InChI is InChI=1S/C19H14FN3O3S2/c1-9-17(28-10(2)22-9)15(24)13-14(11-5-3-4-6-12(11)20)23(18(26)16(13)25)19-21-7-8-27-19/h3-8,14,25H,1-2H3. The van der Waals surface area contributed by atoms with Gasteiger partial charge in [0.2, 0.25) is 5.78 Å². The Labute approximate surface area is 167 Å². The van der Waals surface area contributed by atoms with Gasteiger partial charge < -0.3 is 5.11 Å². The number of hydrogen-bond acceptors (Lipinski definition) is 7. The molecule has 0 radical (unpaired) electrons. The first-order valence-corrected chi connectivity index (χ1v) is 9.99. The Balaban J connectivity index is 1.92. The number of aliphatic hydroxyl groups excluding tert-OH is 1. The number of thiazole rings is 2. The molecule has 4 rings (SSSR count). The Morgan fingerprint density at radius 2 is 2.04 bits per heavy atom. The number of benzene rings is 1. The van der Waals surface area contributed by atoms with Crippen molar-refractivity contribution < 1.29 is 19.1 Å². The number of halogens is 1. The summed E-state index contributed by atoms with van der Waals surface area (Å²) >= 11 is 2.33. The van der Waals surface area contributed by atoms with Crippen LogP contribution in [0.25, 0.3) is 0 Å². The molecule has 0 bridgehead atoms. The van der Waals surface area contributed by atoms with Gasteiger partial charge in [0, 0.05) is 17.1 Å². The summed E-state index contributed by atoms with van der Waals surface area (Å²) in [6.45, 7) is 3.44. The molecule has 1 atom stereocenters. The predicted octanol–water partition coefficient (Wildman–Crippen LogP) is 4.14. The lowest BCUT2D eigenvalue weighted by molar-refractivity contribution is -0.117.